The van der Waals surface area contributed by atoms with Gasteiger partial charge in [0.1, 0.15) is 18.1 Å². The van der Waals surface area contributed by atoms with Gasteiger partial charge in [0.2, 0.25) is 11.5 Å². The van der Waals surface area contributed by atoms with E-state index >= 15 is 0 Å². The Labute approximate surface area is 153 Å². The molecule has 2 aliphatic rings. The third-order valence-corrected chi connectivity index (χ3v) is 4.97. The summed E-state index contributed by atoms with van der Waals surface area (Å²) in [6.07, 6.45) is 3.82. The minimum atomic E-state index is -0.143. The van der Waals surface area contributed by atoms with Gasteiger partial charge in [-0.25, -0.2) is 0 Å². The summed E-state index contributed by atoms with van der Waals surface area (Å²) in [6, 6.07) is 19.5. The molecule has 2 aromatic carbocycles. The van der Waals surface area contributed by atoms with Crippen LogP contribution in [0.25, 0.3) is 0 Å². The van der Waals surface area contributed by atoms with Gasteiger partial charge in [-0.05, 0) is 30.5 Å². The van der Waals surface area contributed by atoms with Crippen LogP contribution in [0.15, 0.2) is 72.7 Å². The predicted molar refractivity (Wildman–Crippen MR) is 97.4 cm³/mol. The first-order valence-electron chi connectivity index (χ1n) is 9.08. The second-order valence-corrected chi connectivity index (χ2v) is 6.77. The highest BCUT2D eigenvalue weighted by Crippen LogP contribution is 2.35. The molecule has 26 heavy (non-hydrogen) atoms. The van der Waals surface area contributed by atoms with E-state index in [2.05, 4.69) is 12.1 Å². The van der Waals surface area contributed by atoms with Gasteiger partial charge in [-0.3, -0.25) is 4.79 Å². The normalized spacial score (nSPS) is 25.0. The Kier molecular flexibility index (Phi) is 5.02. The number of allylic oxidation sites excluding steroid dienone is 1. The fraction of sp³-hybridized carbons (Fsp3) is 0.318. The highest BCUT2D eigenvalue weighted by atomic mass is 16.5. The summed E-state index contributed by atoms with van der Waals surface area (Å²) in [7, 11) is 0. The summed E-state index contributed by atoms with van der Waals surface area (Å²) in [4.78, 5) is 12.7. The summed E-state index contributed by atoms with van der Waals surface area (Å²) in [5, 5.41) is 0. The summed E-state index contributed by atoms with van der Waals surface area (Å²) >= 11 is 0. The lowest BCUT2D eigenvalue weighted by Gasteiger charge is -2.37. The zero-order chi connectivity index (χ0) is 17.8. The van der Waals surface area contributed by atoms with Crippen LogP contribution in [0.2, 0.25) is 0 Å². The van der Waals surface area contributed by atoms with E-state index in [1.165, 1.54) is 6.26 Å². The van der Waals surface area contributed by atoms with Crippen molar-refractivity contribution in [3.63, 3.8) is 0 Å². The molecule has 4 nitrogen and oxygen atoms in total. The third kappa shape index (κ3) is 3.81. The summed E-state index contributed by atoms with van der Waals surface area (Å²) < 4.78 is 17.6. The fourth-order valence-corrected chi connectivity index (χ4v) is 3.56. The molecule has 2 aromatic rings. The quantitative estimate of drug-likeness (QED) is 0.808. The van der Waals surface area contributed by atoms with Crippen molar-refractivity contribution in [2.75, 3.05) is 0 Å². The van der Waals surface area contributed by atoms with E-state index in [0.717, 1.165) is 24.8 Å². The molecule has 4 rings (SSSR count). The highest BCUT2D eigenvalue weighted by molar-refractivity contribution is 5.96. The maximum atomic E-state index is 12.7. The molecule has 1 saturated carbocycles. The number of fused-ring (bicyclic) bond motifs is 1. The maximum absolute atomic E-state index is 12.7. The van der Waals surface area contributed by atoms with Crippen molar-refractivity contribution in [3.05, 3.63) is 78.2 Å². The number of Topliss-reactive ketones (excluding diaryl/α,β-unsaturated/α-hetero) is 1. The van der Waals surface area contributed by atoms with Crippen molar-refractivity contribution in [1.29, 1.82) is 0 Å². The molecular weight excluding hydrogens is 328 g/mol. The smallest absolute Gasteiger partial charge is 0.207 e. The van der Waals surface area contributed by atoms with Gasteiger partial charge < -0.3 is 14.2 Å². The first kappa shape index (κ1) is 16.9. The molecule has 0 radical (unpaired) electrons. The van der Waals surface area contributed by atoms with Gasteiger partial charge in [0.25, 0.3) is 0 Å². The van der Waals surface area contributed by atoms with Crippen LogP contribution in [0, 0.1) is 5.92 Å². The highest BCUT2D eigenvalue weighted by Gasteiger charge is 2.41. The number of para-hydroxylation sites is 1. The number of carbonyl (C=O) groups is 1. The SMILES string of the molecule is O=C1C(Oc2ccccc2)=COC2CC(OCc3ccccc3)CCC12. The number of ketones is 1. The number of hydrogen-bond acceptors (Lipinski definition) is 4. The molecule has 0 amide bonds. The average molecular weight is 350 g/mol. The molecule has 0 aromatic heterocycles. The molecule has 1 fully saturated rings. The lowest BCUT2D eigenvalue weighted by atomic mass is 9.80. The van der Waals surface area contributed by atoms with Crippen LogP contribution in [0.3, 0.4) is 0 Å². The van der Waals surface area contributed by atoms with Crippen LogP contribution in [0.1, 0.15) is 24.8 Å². The van der Waals surface area contributed by atoms with Crippen molar-refractivity contribution in [1.82, 2.24) is 0 Å². The number of rotatable bonds is 5. The number of benzene rings is 2. The number of hydrogen-bond donors (Lipinski definition) is 0. The Morgan fingerprint density at radius 3 is 2.46 bits per heavy atom. The lowest BCUT2D eigenvalue weighted by Crippen LogP contribution is -2.42. The van der Waals surface area contributed by atoms with Crippen molar-refractivity contribution in [2.45, 2.75) is 38.1 Å². The van der Waals surface area contributed by atoms with E-state index in [-0.39, 0.29) is 23.9 Å². The van der Waals surface area contributed by atoms with Gasteiger partial charge in [-0.1, -0.05) is 48.5 Å². The summed E-state index contributed by atoms with van der Waals surface area (Å²) in [5.41, 5.74) is 1.16. The Balaban J connectivity index is 1.35. The minimum absolute atomic E-state index is 0.0339. The van der Waals surface area contributed by atoms with E-state index in [0.29, 0.717) is 18.1 Å². The van der Waals surface area contributed by atoms with Crippen LogP contribution in [0.5, 0.6) is 5.75 Å². The van der Waals surface area contributed by atoms with Gasteiger partial charge in [0.15, 0.2) is 0 Å². The average Bonchev–Trinajstić information content (AvgIpc) is 2.70. The van der Waals surface area contributed by atoms with E-state index in [4.69, 9.17) is 14.2 Å². The van der Waals surface area contributed by atoms with Crippen molar-refractivity contribution >= 4 is 5.78 Å². The van der Waals surface area contributed by atoms with Gasteiger partial charge >= 0.3 is 0 Å². The number of carbonyl (C=O) groups excluding carboxylic acids is 1. The Bertz CT molecular complexity index is 769. The third-order valence-electron chi connectivity index (χ3n) is 4.97. The van der Waals surface area contributed by atoms with Gasteiger partial charge in [0.05, 0.1) is 18.6 Å². The second kappa shape index (κ2) is 7.75. The van der Waals surface area contributed by atoms with E-state index in [1.54, 1.807) is 0 Å². The van der Waals surface area contributed by atoms with Crippen LogP contribution < -0.4 is 4.74 Å². The standard InChI is InChI=1S/C22H22O4/c23-22-19-12-11-18(24-14-16-7-3-1-4-8-16)13-20(19)25-15-21(22)26-17-9-5-2-6-10-17/h1-10,15,18-20H,11-14H2. The molecule has 0 bridgehead atoms. The zero-order valence-electron chi connectivity index (χ0n) is 14.5. The predicted octanol–water partition coefficient (Wildman–Crippen LogP) is 4.26. The molecule has 4 heteroatoms. The summed E-state index contributed by atoms with van der Waals surface area (Å²) in [6.45, 7) is 0.592. The van der Waals surface area contributed by atoms with Crippen LogP contribution in [0.4, 0.5) is 0 Å². The molecule has 0 spiro atoms. The minimum Gasteiger partial charge on any atom is -0.493 e. The number of ether oxygens (including phenoxy) is 3. The van der Waals surface area contributed by atoms with Gasteiger partial charge in [-0.2, -0.15) is 0 Å². The van der Waals surface area contributed by atoms with Gasteiger partial charge in [-0.15, -0.1) is 0 Å². The molecular formula is C22H22O4. The molecule has 1 aliphatic heterocycles. The molecule has 3 unspecified atom stereocenters. The Morgan fingerprint density at radius 1 is 0.962 bits per heavy atom. The zero-order valence-corrected chi connectivity index (χ0v) is 14.5. The monoisotopic (exact) mass is 350 g/mol. The first-order valence-corrected chi connectivity index (χ1v) is 9.08. The van der Waals surface area contributed by atoms with Crippen molar-refractivity contribution < 1.29 is 19.0 Å². The second-order valence-electron chi connectivity index (χ2n) is 6.77. The van der Waals surface area contributed by atoms with E-state index < -0.39 is 0 Å². The van der Waals surface area contributed by atoms with Crippen LogP contribution >= 0.6 is 0 Å². The van der Waals surface area contributed by atoms with Crippen LogP contribution in [-0.4, -0.2) is 18.0 Å². The summed E-state index contributed by atoms with van der Waals surface area (Å²) in [5.74, 6) is 0.831. The Hall–Kier alpha value is -2.59. The topological polar surface area (TPSA) is 44.8 Å². The van der Waals surface area contributed by atoms with Crippen LogP contribution in [-0.2, 0) is 20.9 Å². The molecule has 3 atom stereocenters. The fourth-order valence-electron chi connectivity index (χ4n) is 3.56. The maximum Gasteiger partial charge on any atom is 0.207 e. The van der Waals surface area contributed by atoms with Gasteiger partial charge in [0, 0.05) is 6.42 Å². The van der Waals surface area contributed by atoms with E-state index in [9.17, 15) is 4.79 Å². The Morgan fingerprint density at radius 2 is 1.69 bits per heavy atom. The molecule has 0 N–H and O–H groups in total. The van der Waals surface area contributed by atoms with Crippen molar-refractivity contribution in [3.8, 4) is 5.75 Å². The van der Waals surface area contributed by atoms with E-state index in [1.807, 2.05) is 48.5 Å². The molecule has 0 saturated heterocycles. The van der Waals surface area contributed by atoms with Crippen molar-refractivity contribution in [2.24, 2.45) is 5.92 Å². The first-order chi connectivity index (χ1) is 12.8. The molecule has 134 valence electrons. The largest absolute Gasteiger partial charge is 0.493 e. The lowest BCUT2D eigenvalue weighted by molar-refractivity contribution is -0.134. The molecule has 1 heterocycles. The molecule has 1 aliphatic carbocycles.